The molecule has 1 fully saturated rings. The first-order valence-corrected chi connectivity index (χ1v) is 8.95. The third-order valence-corrected chi connectivity index (χ3v) is 4.53. The smallest absolute Gasteiger partial charge is 0.416 e. The van der Waals surface area contributed by atoms with E-state index in [1.807, 2.05) is 15.9 Å². The molecule has 1 aromatic carbocycles. The monoisotopic (exact) mass is 404 g/mol. The summed E-state index contributed by atoms with van der Waals surface area (Å²) < 4.78 is 43.8. The van der Waals surface area contributed by atoms with Crippen molar-refractivity contribution in [2.75, 3.05) is 31.1 Å². The Morgan fingerprint density at radius 2 is 1.97 bits per heavy atom. The van der Waals surface area contributed by atoms with E-state index >= 15 is 0 Å². The molecule has 1 N–H and O–H groups in total. The number of amides is 1. The molecule has 0 spiro atoms. The molecule has 1 aliphatic rings. The molecule has 0 atom stereocenters. The Bertz CT molecular complexity index is 909. The van der Waals surface area contributed by atoms with E-state index in [2.05, 4.69) is 5.32 Å². The second kappa shape index (κ2) is 8.73. The normalized spacial score (nSPS) is 15.2. The van der Waals surface area contributed by atoms with Crippen molar-refractivity contribution in [2.24, 2.45) is 0 Å². The fraction of sp³-hybridized carbons (Fsp3) is 0.300. The quantitative estimate of drug-likeness (QED) is 0.612. The highest BCUT2D eigenvalue weighted by atomic mass is 19.4. The number of hydrogen-bond donors (Lipinski definition) is 1. The highest BCUT2D eigenvalue weighted by Crippen LogP contribution is 2.31. The van der Waals surface area contributed by atoms with Gasteiger partial charge in [0, 0.05) is 38.1 Å². The van der Waals surface area contributed by atoms with Gasteiger partial charge in [-0.25, -0.2) is 0 Å². The van der Waals surface area contributed by atoms with Gasteiger partial charge in [0.1, 0.15) is 17.4 Å². The van der Waals surface area contributed by atoms with E-state index in [9.17, 15) is 23.2 Å². The molecule has 2 aromatic rings. The van der Waals surface area contributed by atoms with E-state index in [4.69, 9.17) is 4.42 Å². The van der Waals surface area contributed by atoms with E-state index in [0.717, 1.165) is 12.1 Å². The summed E-state index contributed by atoms with van der Waals surface area (Å²) in [5, 5.41) is 11.9. The van der Waals surface area contributed by atoms with Crippen LogP contribution in [0.15, 0.2) is 58.9 Å². The SMILES string of the molecule is N#CC(=CN1CCN(c2cccc(C(F)(F)F)c2)CC1)C(=O)NCc1ccco1. The lowest BCUT2D eigenvalue weighted by Gasteiger charge is -2.35. The van der Waals surface area contributed by atoms with Gasteiger partial charge in [-0.1, -0.05) is 6.07 Å². The number of carbonyl (C=O) groups excluding carboxylic acids is 1. The zero-order valence-electron chi connectivity index (χ0n) is 15.4. The number of furan rings is 1. The molecule has 152 valence electrons. The zero-order chi connectivity index (χ0) is 20.9. The molecule has 3 rings (SSSR count). The number of alkyl halides is 3. The fourth-order valence-corrected chi connectivity index (χ4v) is 2.98. The van der Waals surface area contributed by atoms with Gasteiger partial charge in [-0.15, -0.1) is 0 Å². The van der Waals surface area contributed by atoms with Crippen molar-refractivity contribution < 1.29 is 22.4 Å². The number of rotatable bonds is 5. The van der Waals surface area contributed by atoms with Crippen LogP contribution in [-0.4, -0.2) is 37.0 Å². The summed E-state index contributed by atoms with van der Waals surface area (Å²) in [6, 6.07) is 10.5. The van der Waals surface area contributed by atoms with Crippen LogP contribution in [0.2, 0.25) is 0 Å². The van der Waals surface area contributed by atoms with Gasteiger partial charge in [-0.3, -0.25) is 4.79 Å². The lowest BCUT2D eigenvalue weighted by atomic mass is 10.1. The lowest BCUT2D eigenvalue weighted by Crippen LogP contribution is -2.44. The summed E-state index contributed by atoms with van der Waals surface area (Å²) in [4.78, 5) is 15.8. The summed E-state index contributed by atoms with van der Waals surface area (Å²) in [6.07, 6.45) is -1.40. The van der Waals surface area contributed by atoms with Crippen molar-refractivity contribution in [1.29, 1.82) is 5.26 Å². The van der Waals surface area contributed by atoms with E-state index in [1.165, 1.54) is 18.5 Å². The Balaban J connectivity index is 1.58. The summed E-state index contributed by atoms with van der Waals surface area (Å²) >= 11 is 0. The van der Waals surface area contributed by atoms with Crippen molar-refractivity contribution in [3.8, 4) is 6.07 Å². The molecule has 9 heteroatoms. The van der Waals surface area contributed by atoms with E-state index < -0.39 is 17.6 Å². The Morgan fingerprint density at radius 1 is 1.21 bits per heavy atom. The van der Waals surface area contributed by atoms with Gasteiger partial charge in [0.25, 0.3) is 5.91 Å². The highest BCUT2D eigenvalue weighted by molar-refractivity contribution is 5.97. The number of piperazine rings is 1. The van der Waals surface area contributed by atoms with Crippen LogP contribution in [0, 0.1) is 11.3 Å². The van der Waals surface area contributed by atoms with Crippen molar-refractivity contribution in [1.82, 2.24) is 10.2 Å². The first-order chi connectivity index (χ1) is 13.9. The molecule has 0 radical (unpaired) electrons. The Morgan fingerprint density at radius 3 is 2.59 bits per heavy atom. The van der Waals surface area contributed by atoms with Crippen LogP contribution in [-0.2, 0) is 17.5 Å². The maximum atomic E-state index is 12.9. The van der Waals surface area contributed by atoms with Crippen molar-refractivity contribution >= 4 is 11.6 Å². The third-order valence-electron chi connectivity index (χ3n) is 4.53. The van der Waals surface area contributed by atoms with Gasteiger partial charge >= 0.3 is 6.18 Å². The number of halogens is 3. The molecule has 0 bridgehead atoms. The van der Waals surface area contributed by atoms with Crippen LogP contribution >= 0.6 is 0 Å². The topological polar surface area (TPSA) is 72.5 Å². The number of hydrogen-bond acceptors (Lipinski definition) is 5. The van der Waals surface area contributed by atoms with Crippen LogP contribution < -0.4 is 10.2 Å². The van der Waals surface area contributed by atoms with E-state index in [-0.39, 0.29) is 12.1 Å². The molecule has 1 aromatic heterocycles. The van der Waals surface area contributed by atoms with Crippen LogP contribution in [0.4, 0.5) is 18.9 Å². The van der Waals surface area contributed by atoms with Gasteiger partial charge in [-0.05, 0) is 30.3 Å². The minimum absolute atomic E-state index is 0.0379. The first kappa shape index (κ1) is 20.3. The second-order valence-electron chi connectivity index (χ2n) is 6.49. The Labute approximate surface area is 165 Å². The standard InChI is InChI=1S/C20H19F3N4O2/c21-20(22,23)16-3-1-4-17(11-16)27-8-6-26(7-9-27)14-15(12-24)19(28)25-13-18-5-2-10-29-18/h1-5,10-11,14H,6-9,13H2,(H,25,28). The largest absolute Gasteiger partial charge is 0.467 e. The third kappa shape index (κ3) is 5.31. The van der Waals surface area contributed by atoms with Crippen molar-refractivity contribution in [3.05, 3.63) is 65.8 Å². The van der Waals surface area contributed by atoms with Crippen LogP contribution in [0.25, 0.3) is 0 Å². The zero-order valence-corrected chi connectivity index (χ0v) is 15.4. The van der Waals surface area contributed by atoms with Crippen LogP contribution in [0.5, 0.6) is 0 Å². The summed E-state index contributed by atoms with van der Waals surface area (Å²) in [6.45, 7) is 2.09. The lowest BCUT2D eigenvalue weighted by molar-refractivity contribution is -0.137. The van der Waals surface area contributed by atoms with Gasteiger partial charge in [-0.2, -0.15) is 18.4 Å². The molecule has 0 aliphatic carbocycles. The van der Waals surface area contributed by atoms with Crippen LogP contribution in [0.3, 0.4) is 0 Å². The Hall–Kier alpha value is -3.41. The number of nitriles is 1. The molecule has 1 saturated heterocycles. The maximum Gasteiger partial charge on any atom is 0.416 e. The number of benzene rings is 1. The summed E-state index contributed by atoms with van der Waals surface area (Å²) in [5.74, 6) is 0.0644. The molecular weight excluding hydrogens is 385 g/mol. The molecule has 0 saturated carbocycles. The van der Waals surface area contributed by atoms with Crippen molar-refractivity contribution in [3.63, 3.8) is 0 Å². The molecule has 0 unspecified atom stereocenters. The van der Waals surface area contributed by atoms with Gasteiger partial charge in [0.2, 0.25) is 0 Å². The number of anilines is 1. The first-order valence-electron chi connectivity index (χ1n) is 8.95. The Kier molecular flexibility index (Phi) is 6.12. The fourth-order valence-electron chi connectivity index (χ4n) is 2.98. The second-order valence-corrected chi connectivity index (χ2v) is 6.49. The highest BCUT2D eigenvalue weighted by Gasteiger charge is 2.31. The minimum Gasteiger partial charge on any atom is -0.467 e. The van der Waals surface area contributed by atoms with E-state index in [1.54, 1.807) is 18.2 Å². The molecule has 1 aliphatic heterocycles. The predicted octanol–water partition coefficient (Wildman–Crippen LogP) is 3.14. The number of nitrogens with one attached hydrogen (secondary N) is 1. The summed E-state index contributed by atoms with van der Waals surface area (Å²) in [5.41, 5.74) is -0.221. The molecule has 6 nitrogen and oxygen atoms in total. The molecule has 2 heterocycles. The van der Waals surface area contributed by atoms with Crippen molar-refractivity contribution in [2.45, 2.75) is 12.7 Å². The van der Waals surface area contributed by atoms with Gasteiger partial charge in [0.15, 0.2) is 0 Å². The maximum absolute atomic E-state index is 12.9. The summed E-state index contributed by atoms with van der Waals surface area (Å²) in [7, 11) is 0. The average molecular weight is 404 g/mol. The minimum atomic E-state index is -4.38. The number of carbonyl (C=O) groups is 1. The molecular formula is C20H19F3N4O2. The number of nitrogens with zero attached hydrogens (tertiary/aromatic N) is 3. The molecule has 1 amide bonds. The molecule has 29 heavy (non-hydrogen) atoms. The van der Waals surface area contributed by atoms with E-state index in [0.29, 0.717) is 37.6 Å². The van der Waals surface area contributed by atoms with Gasteiger partial charge in [0.05, 0.1) is 18.4 Å². The average Bonchev–Trinajstić information content (AvgIpc) is 3.24. The van der Waals surface area contributed by atoms with Crippen LogP contribution in [0.1, 0.15) is 11.3 Å². The van der Waals surface area contributed by atoms with Gasteiger partial charge < -0.3 is 19.5 Å². The predicted molar refractivity (Wildman–Crippen MR) is 99.5 cm³/mol.